The number of fused-ring (bicyclic) bond motifs is 1. The van der Waals surface area contributed by atoms with Crippen LogP contribution >= 0.6 is 11.8 Å². The molecule has 2 aromatic rings. The topological polar surface area (TPSA) is 70.0 Å². The van der Waals surface area contributed by atoms with Gasteiger partial charge in [0, 0.05) is 17.1 Å². The molecule has 0 aromatic heterocycles. The molecule has 4 nitrogen and oxygen atoms in total. The predicted molar refractivity (Wildman–Crippen MR) is 87.7 cm³/mol. The van der Waals surface area contributed by atoms with Gasteiger partial charge in [-0.2, -0.15) is 5.26 Å². The molecule has 1 heterocycles. The van der Waals surface area contributed by atoms with Crippen LogP contribution in [0.15, 0.2) is 52.3 Å². The number of aryl methyl sites for hydroxylation is 1. The molecule has 0 fully saturated rings. The van der Waals surface area contributed by atoms with Crippen LogP contribution in [0.4, 0.5) is 5.69 Å². The quantitative estimate of drug-likeness (QED) is 0.916. The molecule has 1 atom stereocenters. The minimum Gasteiger partial charge on any atom is -0.382 e. The Bertz CT molecular complexity index is 853. The molecule has 0 spiro atoms. The van der Waals surface area contributed by atoms with Crippen molar-refractivity contribution in [2.24, 2.45) is 0 Å². The Morgan fingerprint density at radius 1 is 1.23 bits per heavy atom. The Balaban J connectivity index is 1.93. The summed E-state index contributed by atoms with van der Waals surface area (Å²) in [6, 6.07) is 14.2. The number of nitrogens with zero attached hydrogens (tertiary/aromatic N) is 1. The number of hydrogen-bond donors (Lipinski definition) is 1. The van der Waals surface area contributed by atoms with E-state index in [0.29, 0.717) is 17.0 Å². The van der Waals surface area contributed by atoms with Crippen molar-refractivity contribution in [2.75, 3.05) is 11.9 Å². The van der Waals surface area contributed by atoms with E-state index in [-0.39, 0.29) is 0 Å². The average Bonchev–Trinajstić information content (AvgIpc) is 2.54. The van der Waals surface area contributed by atoms with Crippen molar-refractivity contribution in [2.45, 2.75) is 21.3 Å². The van der Waals surface area contributed by atoms with Gasteiger partial charge in [-0.15, -0.1) is 11.8 Å². The normalized spacial score (nSPS) is 17.2. The summed E-state index contributed by atoms with van der Waals surface area (Å²) in [5.74, 6) is 0. The van der Waals surface area contributed by atoms with Gasteiger partial charge < -0.3 is 5.32 Å². The Kier molecular flexibility index (Phi) is 3.85. The Labute approximate surface area is 134 Å². The van der Waals surface area contributed by atoms with Crippen molar-refractivity contribution < 1.29 is 8.42 Å². The number of benzene rings is 2. The molecule has 0 saturated heterocycles. The van der Waals surface area contributed by atoms with E-state index in [4.69, 9.17) is 5.26 Å². The fraction of sp³-hybridized carbons (Fsp3) is 0.188. The first-order chi connectivity index (χ1) is 10.5. The Hall–Kier alpha value is -1.97. The fourth-order valence-electron chi connectivity index (χ4n) is 2.26. The van der Waals surface area contributed by atoms with Crippen LogP contribution in [-0.2, 0) is 9.84 Å². The summed E-state index contributed by atoms with van der Waals surface area (Å²) < 4.78 is 24.9. The van der Waals surface area contributed by atoms with Crippen LogP contribution in [0, 0.1) is 18.3 Å². The van der Waals surface area contributed by atoms with Gasteiger partial charge in [-0.25, -0.2) is 8.42 Å². The highest BCUT2D eigenvalue weighted by Gasteiger charge is 2.32. The summed E-state index contributed by atoms with van der Waals surface area (Å²) >= 11 is 1.29. The van der Waals surface area contributed by atoms with Gasteiger partial charge in [-0.05, 0) is 37.3 Å². The zero-order valence-corrected chi connectivity index (χ0v) is 13.5. The van der Waals surface area contributed by atoms with Gasteiger partial charge in [-0.1, -0.05) is 17.7 Å². The summed E-state index contributed by atoms with van der Waals surface area (Å²) in [4.78, 5) is 1.13. The third kappa shape index (κ3) is 2.70. The molecule has 0 saturated carbocycles. The number of anilines is 1. The Morgan fingerprint density at radius 3 is 2.64 bits per heavy atom. The van der Waals surface area contributed by atoms with Crippen LogP contribution in [0.5, 0.6) is 0 Å². The molecule has 1 aliphatic heterocycles. The van der Waals surface area contributed by atoms with Crippen molar-refractivity contribution >= 4 is 27.3 Å². The minimum atomic E-state index is -3.42. The standard InChI is InChI=1S/C16H14N2O2S2/c1-11-2-5-13(6-3-11)22(19,20)16-10-18-14-7-4-12(9-17)8-15(14)21-16/h2-8,16,18H,10H2,1H3. The summed E-state index contributed by atoms with van der Waals surface area (Å²) in [5, 5.41) is 12.1. The number of sulfone groups is 1. The van der Waals surface area contributed by atoms with Crippen molar-refractivity contribution in [1.29, 1.82) is 5.26 Å². The van der Waals surface area contributed by atoms with E-state index >= 15 is 0 Å². The lowest BCUT2D eigenvalue weighted by Crippen LogP contribution is -2.29. The van der Waals surface area contributed by atoms with E-state index < -0.39 is 14.4 Å². The van der Waals surface area contributed by atoms with Crippen molar-refractivity contribution in [3.05, 3.63) is 53.6 Å². The monoisotopic (exact) mass is 330 g/mol. The molecule has 0 radical (unpaired) electrons. The maximum Gasteiger partial charge on any atom is 0.192 e. The molecule has 0 amide bonds. The molecule has 112 valence electrons. The molecule has 1 N–H and O–H groups in total. The maximum absolute atomic E-state index is 12.7. The molecule has 22 heavy (non-hydrogen) atoms. The number of nitrogens with one attached hydrogen (secondary N) is 1. The second kappa shape index (κ2) is 5.67. The molecule has 0 bridgehead atoms. The van der Waals surface area contributed by atoms with Gasteiger partial charge in [-0.3, -0.25) is 0 Å². The highest BCUT2D eigenvalue weighted by atomic mass is 32.3. The Morgan fingerprint density at radius 2 is 1.95 bits per heavy atom. The lowest BCUT2D eigenvalue weighted by atomic mass is 10.2. The first kappa shape index (κ1) is 14.9. The van der Waals surface area contributed by atoms with E-state index in [0.717, 1.165) is 16.1 Å². The lowest BCUT2D eigenvalue weighted by molar-refractivity contribution is 0.593. The molecular weight excluding hydrogens is 316 g/mol. The summed E-state index contributed by atoms with van der Waals surface area (Å²) in [6.45, 7) is 2.27. The second-order valence-electron chi connectivity index (χ2n) is 5.11. The lowest BCUT2D eigenvalue weighted by Gasteiger charge is -2.25. The molecule has 6 heteroatoms. The van der Waals surface area contributed by atoms with Crippen molar-refractivity contribution in [3.8, 4) is 6.07 Å². The zero-order valence-electron chi connectivity index (χ0n) is 11.9. The molecule has 1 unspecified atom stereocenters. The summed E-state index contributed by atoms with van der Waals surface area (Å²) in [6.07, 6.45) is 0. The zero-order chi connectivity index (χ0) is 15.7. The van der Waals surface area contributed by atoms with Crippen molar-refractivity contribution in [1.82, 2.24) is 0 Å². The number of rotatable bonds is 2. The first-order valence-electron chi connectivity index (χ1n) is 6.76. The maximum atomic E-state index is 12.7. The summed E-state index contributed by atoms with van der Waals surface area (Å²) in [7, 11) is -3.42. The smallest absolute Gasteiger partial charge is 0.192 e. The van der Waals surface area contributed by atoms with Gasteiger partial charge in [0.05, 0.1) is 16.5 Å². The fourth-order valence-corrected chi connectivity index (χ4v) is 5.45. The van der Waals surface area contributed by atoms with E-state index in [1.165, 1.54) is 11.8 Å². The second-order valence-corrected chi connectivity index (χ2v) is 8.78. The largest absolute Gasteiger partial charge is 0.382 e. The molecule has 3 rings (SSSR count). The van der Waals surface area contributed by atoms with Gasteiger partial charge in [0.2, 0.25) is 0 Å². The van der Waals surface area contributed by atoms with E-state index in [1.54, 1.807) is 36.4 Å². The number of thioether (sulfide) groups is 1. The molecule has 0 aliphatic carbocycles. The molecule has 2 aromatic carbocycles. The van der Waals surface area contributed by atoms with Crippen LogP contribution in [0.1, 0.15) is 11.1 Å². The third-order valence-electron chi connectivity index (χ3n) is 3.52. The average molecular weight is 330 g/mol. The molecule has 1 aliphatic rings. The number of hydrogen-bond acceptors (Lipinski definition) is 5. The minimum absolute atomic E-state index is 0.331. The number of nitriles is 1. The SMILES string of the molecule is Cc1ccc(S(=O)(=O)C2CNc3ccc(C#N)cc3S2)cc1. The predicted octanol–water partition coefficient (Wildman–Crippen LogP) is 3.18. The van der Waals surface area contributed by atoms with E-state index in [1.807, 2.05) is 13.0 Å². The van der Waals surface area contributed by atoms with Crippen LogP contribution in [0.2, 0.25) is 0 Å². The van der Waals surface area contributed by atoms with Crippen LogP contribution in [0.3, 0.4) is 0 Å². The summed E-state index contributed by atoms with van der Waals surface area (Å²) in [5.41, 5.74) is 2.43. The highest BCUT2D eigenvalue weighted by molar-refractivity contribution is 8.13. The van der Waals surface area contributed by atoms with Gasteiger partial charge in [0.1, 0.15) is 4.58 Å². The van der Waals surface area contributed by atoms with Crippen LogP contribution in [-0.4, -0.2) is 19.5 Å². The van der Waals surface area contributed by atoms with E-state index in [2.05, 4.69) is 11.4 Å². The molecular formula is C16H14N2O2S2. The van der Waals surface area contributed by atoms with Gasteiger partial charge in [0.15, 0.2) is 9.84 Å². The van der Waals surface area contributed by atoms with Gasteiger partial charge >= 0.3 is 0 Å². The highest BCUT2D eigenvalue weighted by Crippen LogP contribution is 2.39. The van der Waals surface area contributed by atoms with Gasteiger partial charge in [0.25, 0.3) is 0 Å². The van der Waals surface area contributed by atoms with E-state index in [9.17, 15) is 8.42 Å². The van der Waals surface area contributed by atoms with Crippen molar-refractivity contribution in [3.63, 3.8) is 0 Å². The van der Waals surface area contributed by atoms with Crippen LogP contribution < -0.4 is 5.32 Å². The van der Waals surface area contributed by atoms with Crippen LogP contribution in [0.25, 0.3) is 0 Å². The third-order valence-corrected chi connectivity index (χ3v) is 7.38. The first-order valence-corrected chi connectivity index (χ1v) is 9.18.